The third kappa shape index (κ3) is 4.60. The van der Waals surface area contributed by atoms with Crippen molar-refractivity contribution in [3.05, 3.63) is 29.8 Å². The third-order valence-electron chi connectivity index (χ3n) is 1.31. The van der Waals surface area contributed by atoms with Crippen LogP contribution in [0.4, 0.5) is 0 Å². The molecule has 0 N–H and O–H groups in total. The van der Waals surface area contributed by atoms with Gasteiger partial charge in [-0.25, -0.2) is 0 Å². The Morgan fingerprint density at radius 1 is 1.36 bits per heavy atom. The van der Waals surface area contributed by atoms with E-state index < -0.39 is 0 Å². The first-order chi connectivity index (χ1) is 4.33. The first-order valence-electron chi connectivity index (χ1n) is 3.09. The van der Waals surface area contributed by atoms with E-state index in [-0.39, 0.29) is 44.4 Å². The van der Waals surface area contributed by atoms with E-state index in [0.29, 0.717) is 0 Å². The van der Waals surface area contributed by atoms with Crippen LogP contribution in [-0.2, 0) is 32.6 Å². The van der Waals surface area contributed by atoms with Gasteiger partial charge in [0.1, 0.15) is 0 Å². The molecule has 0 saturated carbocycles. The van der Waals surface area contributed by atoms with E-state index in [9.17, 15) is 5.11 Å². The zero-order valence-electron chi connectivity index (χ0n) is 6.30. The molecule has 0 aliphatic rings. The quantitative estimate of drug-likeness (QED) is 0.582. The van der Waals surface area contributed by atoms with Crippen LogP contribution >= 0.6 is 0 Å². The Labute approximate surface area is 92.4 Å². The predicted octanol–water partition coefficient (Wildman–Crippen LogP) is -1.68. The van der Waals surface area contributed by atoms with Crippen LogP contribution < -0.4 is 17.5 Å². The minimum atomic E-state index is 0. The summed E-state index contributed by atoms with van der Waals surface area (Å²) in [6.07, 6.45) is 0.941. The summed E-state index contributed by atoms with van der Waals surface area (Å²) in [6.45, 7) is 2.04. The number of aryl methyl sites for hydroxylation is 1. The topological polar surface area (TPSA) is 23.1 Å². The summed E-state index contributed by atoms with van der Waals surface area (Å²) in [5, 5.41) is 10.6. The third-order valence-corrected chi connectivity index (χ3v) is 1.31. The zero-order valence-corrected chi connectivity index (χ0v) is 9.52. The van der Waals surface area contributed by atoms with E-state index in [1.54, 1.807) is 18.2 Å². The van der Waals surface area contributed by atoms with Crippen molar-refractivity contribution >= 4 is 0 Å². The van der Waals surface area contributed by atoms with Crippen molar-refractivity contribution in [3.8, 4) is 5.75 Å². The van der Waals surface area contributed by atoms with Crippen LogP contribution in [0.1, 0.15) is 12.5 Å². The van der Waals surface area contributed by atoms with Gasteiger partial charge in [0.25, 0.3) is 0 Å². The van der Waals surface area contributed by atoms with Gasteiger partial charge >= 0.3 is 26.2 Å². The molecule has 58 valence electrons. The molecule has 0 atom stereocenters. The smallest absolute Gasteiger partial charge is 1.00 e. The van der Waals surface area contributed by atoms with Crippen molar-refractivity contribution in [2.75, 3.05) is 0 Å². The summed E-state index contributed by atoms with van der Waals surface area (Å²) >= 11 is 0. The zero-order chi connectivity index (χ0) is 6.69. The summed E-state index contributed by atoms with van der Waals surface area (Å²) in [6, 6.07) is 6.99. The van der Waals surface area contributed by atoms with E-state index in [2.05, 4.69) is 0 Å². The van der Waals surface area contributed by atoms with Crippen LogP contribution in [0.15, 0.2) is 24.3 Å². The van der Waals surface area contributed by atoms with Crippen molar-refractivity contribution in [2.45, 2.75) is 13.3 Å². The van der Waals surface area contributed by atoms with Crippen molar-refractivity contribution in [2.24, 2.45) is 0 Å². The van der Waals surface area contributed by atoms with Gasteiger partial charge in [-0.05, 0) is 12.0 Å². The molecule has 1 aromatic rings. The molecule has 0 spiro atoms. The van der Waals surface area contributed by atoms with Gasteiger partial charge in [0.2, 0.25) is 0 Å². The fourth-order valence-corrected chi connectivity index (χ4v) is 0.765. The number of halogens is 1. The Morgan fingerprint density at radius 3 is 2.36 bits per heavy atom. The Kier molecular flexibility index (Phi) is 8.60. The Hall–Kier alpha value is 0.193. The van der Waals surface area contributed by atoms with E-state index in [4.69, 9.17) is 0 Å². The van der Waals surface area contributed by atoms with Crippen molar-refractivity contribution < 1.29 is 43.7 Å². The largest absolute Gasteiger partial charge is 2.00 e. The van der Waals surface area contributed by atoms with Crippen LogP contribution in [0.5, 0.6) is 5.75 Å². The average Bonchev–Trinajstić information content (AvgIpc) is 1.88. The Bertz CT molecular complexity index is 203. The van der Waals surface area contributed by atoms with Gasteiger partial charge < -0.3 is 17.5 Å². The van der Waals surface area contributed by atoms with Crippen LogP contribution in [0, 0.1) is 0 Å². The van der Waals surface area contributed by atoms with E-state index in [1.807, 2.05) is 13.0 Å². The van der Waals surface area contributed by atoms with E-state index >= 15 is 0 Å². The van der Waals surface area contributed by atoms with E-state index in [0.717, 1.165) is 12.0 Å². The second-order valence-electron chi connectivity index (χ2n) is 2.00. The molecule has 0 fully saturated rings. The molecule has 0 saturated heterocycles. The molecule has 0 bridgehead atoms. The van der Waals surface area contributed by atoms with Gasteiger partial charge in [-0.2, -0.15) is 0 Å². The average molecular weight is 248 g/mol. The predicted molar refractivity (Wildman–Crippen MR) is 35.3 cm³/mol. The maximum atomic E-state index is 10.6. The molecule has 0 aromatic heterocycles. The molecule has 3 heteroatoms. The summed E-state index contributed by atoms with van der Waals surface area (Å²) in [4.78, 5) is 0. The SMILES string of the molecule is CCc1cccc([O-])c1.[Cl-].[Zr+2]. The number of benzene rings is 1. The molecule has 1 nitrogen and oxygen atoms in total. The van der Waals surface area contributed by atoms with Crippen LogP contribution in [-0.4, -0.2) is 0 Å². The van der Waals surface area contributed by atoms with Crippen LogP contribution in [0.3, 0.4) is 0 Å². The standard InChI is InChI=1S/C8H10O.ClH.Zr/c1-2-7-4-3-5-8(9)6-7;;/h3-6,9H,2H2,1H3;1H;/q;;+2/p-2. The van der Waals surface area contributed by atoms with Crippen LogP contribution in [0.2, 0.25) is 0 Å². The second-order valence-corrected chi connectivity index (χ2v) is 2.00. The molecule has 0 amide bonds. The Balaban J connectivity index is 0. The monoisotopic (exact) mass is 246 g/mol. The summed E-state index contributed by atoms with van der Waals surface area (Å²) in [5.41, 5.74) is 1.11. The van der Waals surface area contributed by atoms with Gasteiger partial charge in [0, 0.05) is 0 Å². The van der Waals surface area contributed by atoms with Gasteiger partial charge in [-0.15, -0.1) is 5.75 Å². The molecular weight excluding hydrogens is 239 g/mol. The van der Waals surface area contributed by atoms with Gasteiger partial charge in [-0.3, -0.25) is 0 Å². The molecule has 0 radical (unpaired) electrons. The van der Waals surface area contributed by atoms with E-state index in [1.165, 1.54) is 0 Å². The summed E-state index contributed by atoms with van der Waals surface area (Å²) in [5.74, 6) is 0.106. The molecule has 0 aliphatic heterocycles. The molecule has 1 aromatic carbocycles. The molecule has 11 heavy (non-hydrogen) atoms. The van der Waals surface area contributed by atoms with Gasteiger partial charge in [0.15, 0.2) is 0 Å². The molecule has 1 rings (SSSR count). The first-order valence-corrected chi connectivity index (χ1v) is 3.09. The molecule has 0 unspecified atom stereocenters. The minimum absolute atomic E-state index is 0. The normalized spacial score (nSPS) is 7.73. The fraction of sp³-hybridized carbons (Fsp3) is 0.250. The van der Waals surface area contributed by atoms with Crippen molar-refractivity contribution in [3.63, 3.8) is 0 Å². The fourth-order valence-electron chi connectivity index (χ4n) is 0.765. The van der Waals surface area contributed by atoms with Crippen molar-refractivity contribution in [1.82, 2.24) is 0 Å². The molecule has 0 aliphatic carbocycles. The maximum absolute atomic E-state index is 10.6. The second kappa shape index (κ2) is 6.88. The van der Waals surface area contributed by atoms with Crippen molar-refractivity contribution in [1.29, 1.82) is 0 Å². The van der Waals surface area contributed by atoms with Gasteiger partial charge in [-0.1, -0.05) is 31.2 Å². The molecular formula is C8H9ClOZr. The molecule has 0 heterocycles. The first kappa shape index (κ1) is 13.8. The Morgan fingerprint density at radius 2 is 2.00 bits per heavy atom. The van der Waals surface area contributed by atoms with Gasteiger partial charge in [0.05, 0.1) is 0 Å². The minimum Gasteiger partial charge on any atom is -1.00 e. The number of hydrogen-bond acceptors (Lipinski definition) is 1. The summed E-state index contributed by atoms with van der Waals surface area (Å²) < 4.78 is 0. The number of rotatable bonds is 1. The van der Waals surface area contributed by atoms with Crippen LogP contribution in [0.25, 0.3) is 0 Å². The maximum Gasteiger partial charge on any atom is 2.00 e. The summed E-state index contributed by atoms with van der Waals surface area (Å²) in [7, 11) is 0. The number of hydrogen-bond donors (Lipinski definition) is 0.